The van der Waals surface area contributed by atoms with Crippen LogP contribution in [-0.2, 0) is 46.7 Å². The first-order valence-corrected chi connectivity index (χ1v) is 15.2. The van der Waals surface area contributed by atoms with Crippen molar-refractivity contribution in [3.05, 3.63) is 71.8 Å². The Labute approximate surface area is 248 Å². The number of hydrogen-bond donors (Lipinski definition) is 1. The molecule has 2 aliphatic carbocycles. The van der Waals surface area contributed by atoms with E-state index in [9.17, 15) is 14.4 Å². The number of carbonyl (C=O) groups excluding carboxylic acids is 3. The van der Waals surface area contributed by atoms with Crippen molar-refractivity contribution in [2.24, 2.45) is 17.8 Å². The summed E-state index contributed by atoms with van der Waals surface area (Å²) in [4.78, 5) is 47.4. The van der Waals surface area contributed by atoms with Gasteiger partial charge in [-0.25, -0.2) is 5.06 Å². The monoisotopic (exact) mass is 580 g/mol. The Morgan fingerprint density at radius 1 is 0.786 bits per heavy atom. The molecule has 1 heterocycles. The summed E-state index contributed by atoms with van der Waals surface area (Å²) in [6.07, 6.45) is 5.86. The molecule has 2 saturated carbocycles. The minimum absolute atomic E-state index is 0.0452. The fourth-order valence-corrected chi connectivity index (χ4v) is 5.92. The maximum Gasteiger partial charge on any atom is 0.309 e. The second-order valence-electron chi connectivity index (χ2n) is 11.0. The molecule has 3 aliphatic rings. The topological polar surface area (TPSA) is 103 Å². The van der Waals surface area contributed by atoms with Gasteiger partial charge in [0.25, 0.3) is 0 Å². The van der Waals surface area contributed by atoms with Gasteiger partial charge in [0, 0.05) is 6.04 Å². The van der Waals surface area contributed by atoms with E-state index >= 15 is 0 Å². The van der Waals surface area contributed by atoms with E-state index in [4.69, 9.17) is 19.1 Å². The van der Waals surface area contributed by atoms with E-state index in [1.165, 1.54) is 5.06 Å². The summed E-state index contributed by atoms with van der Waals surface area (Å²) in [5.41, 5.74) is 5.29. The maximum atomic E-state index is 12.5. The highest BCUT2D eigenvalue weighted by Gasteiger charge is 2.50. The molecule has 9 nitrogen and oxygen atoms in total. The van der Waals surface area contributed by atoms with E-state index < -0.39 is 0 Å². The second kappa shape index (κ2) is 16.4. The molecule has 42 heavy (non-hydrogen) atoms. The van der Waals surface area contributed by atoms with E-state index in [-0.39, 0.29) is 41.6 Å². The lowest BCUT2D eigenvalue weighted by molar-refractivity contribution is -0.195. The molecule has 1 amide bonds. The standard InChI is InChI=1S/C17H21NO4.C16H23NO3/c1-2-21-17(20)14-9-8-13-10-15(14)16(19)18(13)22-11-12-6-4-3-5-7-12;1-2-19-16(18)14-8-10-15(11-9-14)17-20-12-13-6-4-3-5-7-13/h3-7,13-15H,2,8-11H2,1H3;3-7,14-15,17H,2,8-12H2,1H3/t13-,14-,15?;/m1./s1. The van der Waals surface area contributed by atoms with Crippen molar-refractivity contribution in [1.82, 2.24) is 10.5 Å². The first kappa shape index (κ1) is 31.7. The molecule has 3 fully saturated rings. The minimum Gasteiger partial charge on any atom is -0.466 e. The zero-order valence-corrected chi connectivity index (χ0v) is 24.7. The molecule has 228 valence electrons. The summed E-state index contributed by atoms with van der Waals surface area (Å²) in [7, 11) is 0. The van der Waals surface area contributed by atoms with Crippen molar-refractivity contribution in [2.75, 3.05) is 13.2 Å². The van der Waals surface area contributed by atoms with Crippen molar-refractivity contribution in [1.29, 1.82) is 0 Å². The van der Waals surface area contributed by atoms with Gasteiger partial charge in [0.05, 0.1) is 43.6 Å². The van der Waals surface area contributed by atoms with Crippen LogP contribution in [0.15, 0.2) is 60.7 Å². The van der Waals surface area contributed by atoms with E-state index in [1.54, 1.807) is 6.92 Å². The molecule has 2 aromatic rings. The number of nitrogens with zero attached hydrogens (tertiary/aromatic N) is 1. The third-order valence-corrected chi connectivity index (χ3v) is 8.17. The molecule has 2 bridgehead atoms. The van der Waals surface area contributed by atoms with E-state index in [0.29, 0.717) is 45.3 Å². The number of ether oxygens (including phenoxy) is 2. The SMILES string of the molecule is CCOC(=O)C1CCC(NOCc2ccccc2)CC1.CCOC(=O)[C@@H]1CC[C@@H]2CC1C(=O)N2OCc1ccccc1. The van der Waals surface area contributed by atoms with Gasteiger partial charge in [0.2, 0.25) is 5.91 Å². The number of benzene rings is 2. The number of esters is 2. The van der Waals surface area contributed by atoms with Crippen LogP contribution in [0.4, 0.5) is 0 Å². The molecule has 1 unspecified atom stereocenters. The quantitative estimate of drug-likeness (QED) is 0.288. The highest BCUT2D eigenvalue weighted by Crippen LogP contribution is 2.41. The molecule has 1 N–H and O–H groups in total. The van der Waals surface area contributed by atoms with Gasteiger partial charge < -0.3 is 9.47 Å². The van der Waals surface area contributed by atoms with Crippen LogP contribution in [0.3, 0.4) is 0 Å². The Balaban J connectivity index is 0.000000194. The highest BCUT2D eigenvalue weighted by atomic mass is 16.7. The van der Waals surface area contributed by atoms with Gasteiger partial charge in [-0.2, -0.15) is 5.48 Å². The largest absolute Gasteiger partial charge is 0.466 e. The van der Waals surface area contributed by atoms with Crippen molar-refractivity contribution < 1.29 is 33.5 Å². The predicted octanol–water partition coefficient (Wildman–Crippen LogP) is 5.14. The first-order valence-electron chi connectivity index (χ1n) is 15.2. The lowest BCUT2D eigenvalue weighted by Crippen LogP contribution is -2.35. The fourth-order valence-electron chi connectivity index (χ4n) is 5.92. The fraction of sp³-hybridized carbons (Fsp3) is 0.545. The third kappa shape index (κ3) is 8.86. The van der Waals surface area contributed by atoms with Crippen LogP contribution in [0.5, 0.6) is 0 Å². The van der Waals surface area contributed by atoms with E-state index in [2.05, 4.69) is 5.48 Å². The zero-order valence-electron chi connectivity index (χ0n) is 24.7. The lowest BCUT2D eigenvalue weighted by atomic mass is 9.80. The molecule has 3 atom stereocenters. The van der Waals surface area contributed by atoms with Gasteiger partial charge in [-0.05, 0) is 69.9 Å². The Bertz CT molecular complexity index is 1120. The number of hydroxylamine groups is 3. The van der Waals surface area contributed by atoms with Gasteiger partial charge in [-0.15, -0.1) is 0 Å². The summed E-state index contributed by atoms with van der Waals surface area (Å²) >= 11 is 0. The summed E-state index contributed by atoms with van der Waals surface area (Å²) < 4.78 is 10.2. The van der Waals surface area contributed by atoms with Gasteiger partial charge in [-0.3, -0.25) is 24.1 Å². The Morgan fingerprint density at radius 2 is 1.38 bits per heavy atom. The van der Waals surface area contributed by atoms with Gasteiger partial charge >= 0.3 is 11.9 Å². The maximum absolute atomic E-state index is 12.5. The Kier molecular flexibility index (Phi) is 12.4. The van der Waals surface area contributed by atoms with Gasteiger partial charge in [0.15, 0.2) is 0 Å². The van der Waals surface area contributed by atoms with Crippen LogP contribution in [-0.4, -0.2) is 48.2 Å². The highest BCUT2D eigenvalue weighted by molar-refractivity contribution is 5.87. The molecular weight excluding hydrogens is 536 g/mol. The molecule has 0 spiro atoms. The molecule has 2 aromatic carbocycles. The first-order chi connectivity index (χ1) is 20.5. The van der Waals surface area contributed by atoms with E-state index in [1.807, 2.05) is 67.6 Å². The number of carbonyl (C=O) groups is 3. The van der Waals surface area contributed by atoms with Gasteiger partial charge in [-0.1, -0.05) is 60.7 Å². The number of rotatable bonds is 11. The summed E-state index contributed by atoms with van der Waals surface area (Å²) in [6, 6.07) is 20.3. The molecule has 9 heteroatoms. The van der Waals surface area contributed by atoms with Crippen molar-refractivity contribution >= 4 is 17.8 Å². The van der Waals surface area contributed by atoms with Crippen LogP contribution in [0.25, 0.3) is 0 Å². The van der Waals surface area contributed by atoms with Crippen LogP contribution < -0.4 is 5.48 Å². The van der Waals surface area contributed by atoms with E-state index in [0.717, 1.165) is 43.2 Å². The average Bonchev–Trinajstić information content (AvgIpc) is 3.26. The number of hydrogen-bond acceptors (Lipinski definition) is 8. The number of nitrogens with one attached hydrogen (secondary N) is 1. The smallest absolute Gasteiger partial charge is 0.309 e. The predicted molar refractivity (Wildman–Crippen MR) is 156 cm³/mol. The van der Waals surface area contributed by atoms with Gasteiger partial charge in [0.1, 0.15) is 6.61 Å². The minimum atomic E-state index is -0.311. The van der Waals surface area contributed by atoms with Crippen molar-refractivity contribution in [2.45, 2.75) is 84.1 Å². The number of amides is 1. The third-order valence-electron chi connectivity index (χ3n) is 8.17. The Hall–Kier alpha value is -3.27. The lowest BCUT2D eigenvalue weighted by Gasteiger charge is -2.27. The van der Waals surface area contributed by atoms with Crippen LogP contribution in [0.1, 0.15) is 69.9 Å². The molecule has 5 rings (SSSR count). The van der Waals surface area contributed by atoms with Crippen molar-refractivity contribution in [3.63, 3.8) is 0 Å². The van der Waals surface area contributed by atoms with Crippen LogP contribution in [0, 0.1) is 17.8 Å². The molecule has 1 saturated heterocycles. The number of fused-ring (bicyclic) bond motifs is 2. The zero-order chi connectivity index (χ0) is 29.7. The molecule has 1 aliphatic heterocycles. The summed E-state index contributed by atoms with van der Waals surface area (Å²) in [5.74, 6) is -0.887. The molecule has 0 radical (unpaired) electrons. The van der Waals surface area contributed by atoms with Crippen LogP contribution in [0.2, 0.25) is 0 Å². The molecular formula is C33H44N2O7. The Morgan fingerprint density at radius 3 is 2.00 bits per heavy atom. The normalized spacial score (nSPS) is 24.9. The average molecular weight is 581 g/mol. The van der Waals surface area contributed by atoms with Crippen molar-refractivity contribution in [3.8, 4) is 0 Å². The summed E-state index contributed by atoms with van der Waals surface area (Å²) in [6.45, 7) is 5.40. The van der Waals surface area contributed by atoms with Crippen LogP contribution >= 0.6 is 0 Å². The summed E-state index contributed by atoms with van der Waals surface area (Å²) in [5, 5.41) is 1.50. The second-order valence-corrected chi connectivity index (χ2v) is 11.0. The molecule has 0 aromatic heterocycles.